The molecule has 27 heavy (non-hydrogen) atoms. The summed E-state index contributed by atoms with van der Waals surface area (Å²) in [6.45, 7) is 2.04. The molecule has 0 amide bonds. The van der Waals surface area contributed by atoms with Gasteiger partial charge in [-0.05, 0) is 30.2 Å². The molecule has 2 aromatic rings. The van der Waals surface area contributed by atoms with Gasteiger partial charge in [0.05, 0.1) is 5.56 Å². The molecule has 2 atom stereocenters. The lowest BCUT2D eigenvalue weighted by Gasteiger charge is -2.43. The maximum atomic E-state index is 13.5. The van der Waals surface area contributed by atoms with Crippen LogP contribution in [0.2, 0.25) is 0 Å². The van der Waals surface area contributed by atoms with E-state index < -0.39 is 17.5 Å². The highest BCUT2D eigenvalue weighted by Crippen LogP contribution is 2.56. The maximum absolute atomic E-state index is 13.5. The third-order valence-corrected chi connectivity index (χ3v) is 5.55. The largest absolute Gasteiger partial charge is 0.460 e. The number of Topliss-reactive ketones (excluding diaryl/α,β-unsaturated/α-hetero) is 1. The third kappa shape index (κ3) is 2.04. The number of rotatable bonds is 2. The average molecular weight is 358 g/mol. The van der Waals surface area contributed by atoms with Crippen molar-refractivity contribution in [3.8, 4) is 5.75 Å². The summed E-state index contributed by atoms with van der Waals surface area (Å²) in [5.74, 6) is 0.00801. The van der Waals surface area contributed by atoms with Crippen molar-refractivity contribution in [3.05, 3.63) is 88.7 Å². The first-order valence-electron chi connectivity index (χ1n) is 9.22. The number of carbonyl (C=O) groups is 2. The molecule has 1 aliphatic carbocycles. The SMILES string of the molecule is CCCC1=CC=C2Oc3ccccc3C3(OC(=O)c4ccccc43)C2C1=O. The molecule has 4 nitrogen and oxygen atoms in total. The minimum absolute atomic E-state index is 0.0339. The molecule has 2 aliphatic heterocycles. The van der Waals surface area contributed by atoms with Crippen LogP contribution in [0.25, 0.3) is 0 Å². The number of allylic oxidation sites excluding steroid dienone is 3. The molecule has 0 saturated heterocycles. The Morgan fingerprint density at radius 3 is 2.52 bits per heavy atom. The number of benzene rings is 2. The standard InChI is InChI=1S/C23H18O4/c1-2-7-14-12-13-19-20(21(14)24)23(17-10-5-6-11-18(17)26-19)16-9-4-3-8-15(16)22(25)27-23/h3-6,8-13,20H,2,7H2,1H3. The number of carbonyl (C=O) groups excluding carboxylic acids is 2. The van der Waals surface area contributed by atoms with Crippen LogP contribution in [0, 0.1) is 5.92 Å². The van der Waals surface area contributed by atoms with Crippen LogP contribution in [-0.4, -0.2) is 11.8 Å². The summed E-state index contributed by atoms with van der Waals surface area (Å²) < 4.78 is 12.1. The summed E-state index contributed by atoms with van der Waals surface area (Å²) in [6.07, 6.45) is 5.24. The molecule has 4 heteroatoms. The van der Waals surface area contributed by atoms with Crippen LogP contribution in [0.15, 0.2) is 72.0 Å². The summed E-state index contributed by atoms with van der Waals surface area (Å²) in [4.78, 5) is 26.2. The highest BCUT2D eigenvalue weighted by molar-refractivity contribution is 6.04. The zero-order valence-corrected chi connectivity index (χ0v) is 14.9. The lowest BCUT2D eigenvalue weighted by atomic mass is 9.68. The molecule has 2 unspecified atom stereocenters. The minimum atomic E-state index is -1.18. The number of ether oxygens (including phenoxy) is 2. The van der Waals surface area contributed by atoms with E-state index in [9.17, 15) is 9.59 Å². The fourth-order valence-electron chi connectivity index (χ4n) is 4.43. The molecule has 0 bridgehead atoms. The topological polar surface area (TPSA) is 52.6 Å². The first kappa shape index (κ1) is 16.1. The van der Waals surface area contributed by atoms with Gasteiger partial charge in [-0.15, -0.1) is 0 Å². The van der Waals surface area contributed by atoms with E-state index in [0.29, 0.717) is 23.5 Å². The van der Waals surface area contributed by atoms with Crippen molar-refractivity contribution in [2.24, 2.45) is 5.92 Å². The zero-order chi connectivity index (χ0) is 18.6. The smallest absolute Gasteiger partial charge is 0.339 e. The lowest BCUT2D eigenvalue weighted by Crippen LogP contribution is -2.47. The Balaban J connectivity index is 1.81. The molecular weight excluding hydrogens is 340 g/mol. The predicted molar refractivity (Wildman–Crippen MR) is 99.3 cm³/mol. The van der Waals surface area contributed by atoms with Gasteiger partial charge in [0.15, 0.2) is 11.4 Å². The second-order valence-electron chi connectivity index (χ2n) is 7.08. The predicted octanol–water partition coefficient (Wildman–Crippen LogP) is 4.30. The Bertz CT molecular complexity index is 1050. The van der Waals surface area contributed by atoms with Crippen molar-refractivity contribution in [1.29, 1.82) is 0 Å². The molecule has 2 heterocycles. The van der Waals surface area contributed by atoms with Crippen molar-refractivity contribution in [1.82, 2.24) is 0 Å². The second kappa shape index (κ2) is 5.68. The molecular formula is C23H18O4. The molecule has 0 radical (unpaired) electrons. The molecule has 0 N–H and O–H groups in total. The summed E-state index contributed by atoms with van der Waals surface area (Å²) >= 11 is 0. The maximum Gasteiger partial charge on any atom is 0.339 e. The summed E-state index contributed by atoms with van der Waals surface area (Å²) in [7, 11) is 0. The van der Waals surface area contributed by atoms with Crippen LogP contribution < -0.4 is 4.74 Å². The normalized spacial score (nSPS) is 25.0. The third-order valence-electron chi connectivity index (χ3n) is 5.55. The van der Waals surface area contributed by atoms with Crippen molar-refractivity contribution < 1.29 is 19.1 Å². The molecule has 2 aromatic carbocycles. The van der Waals surface area contributed by atoms with Gasteiger partial charge in [-0.2, -0.15) is 0 Å². The van der Waals surface area contributed by atoms with Gasteiger partial charge in [0.2, 0.25) is 0 Å². The molecule has 5 rings (SSSR count). The number of para-hydroxylation sites is 1. The molecule has 0 aromatic heterocycles. The van der Waals surface area contributed by atoms with Gasteiger partial charge in [-0.1, -0.05) is 55.8 Å². The van der Waals surface area contributed by atoms with E-state index in [1.165, 1.54) is 0 Å². The van der Waals surface area contributed by atoms with E-state index in [1.54, 1.807) is 6.07 Å². The van der Waals surface area contributed by atoms with E-state index in [1.807, 2.05) is 61.5 Å². The Labute approximate surface area is 157 Å². The van der Waals surface area contributed by atoms with Crippen molar-refractivity contribution >= 4 is 11.8 Å². The Kier molecular flexibility index (Phi) is 3.38. The van der Waals surface area contributed by atoms with Crippen LogP contribution in [0.1, 0.15) is 41.3 Å². The van der Waals surface area contributed by atoms with Gasteiger partial charge in [0, 0.05) is 11.1 Å². The fraction of sp³-hybridized carbons (Fsp3) is 0.217. The first-order chi connectivity index (χ1) is 13.2. The average Bonchev–Trinajstić information content (AvgIpc) is 2.98. The fourth-order valence-corrected chi connectivity index (χ4v) is 4.43. The molecule has 134 valence electrons. The number of esters is 1. The Morgan fingerprint density at radius 1 is 0.963 bits per heavy atom. The zero-order valence-electron chi connectivity index (χ0n) is 14.9. The van der Waals surface area contributed by atoms with Gasteiger partial charge in [0.25, 0.3) is 0 Å². The number of hydrogen-bond donors (Lipinski definition) is 0. The molecule has 0 saturated carbocycles. The van der Waals surface area contributed by atoms with E-state index in [-0.39, 0.29) is 5.78 Å². The van der Waals surface area contributed by atoms with Crippen molar-refractivity contribution in [2.75, 3.05) is 0 Å². The molecule has 1 spiro atoms. The van der Waals surface area contributed by atoms with Crippen molar-refractivity contribution in [2.45, 2.75) is 25.4 Å². The quantitative estimate of drug-likeness (QED) is 0.751. The van der Waals surface area contributed by atoms with E-state index in [2.05, 4.69) is 0 Å². The summed E-state index contributed by atoms with van der Waals surface area (Å²) in [5.41, 5.74) is 1.52. The van der Waals surface area contributed by atoms with Gasteiger partial charge in [-0.3, -0.25) is 4.79 Å². The molecule has 0 fully saturated rings. The van der Waals surface area contributed by atoms with E-state index in [0.717, 1.165) is 23.1 Å². The van der Waals surface area contributed by atoms with Crippen molar-refractivity contribution in [3.63, 3.8) is 0 Å². The number of ketones is 1. The first-order valence-corrected chi connectivity index (χ1v) is 9.22. The second-order valence-corrected chi connectivity index (χ2v) is 7.08. The van der Waals surface area contributed by atoms with E-state index >= 15 is 0 Å². The van der Waals surface area contributed by atoms with Gasteiger partial charge < -0.3 is 9.47 Å². The Hall–Kier alpha value is -3.14. The molecule has 3 aliphatic rings. The Morgan fingerprint density at radius 2 is 1.70 bits per heavy atom. The highest BCUT2D eigenvalue weighted by Gasteiger charge is 2.60. The van der Waals surface area contributed by atoms with Crippen LogP contribution in [0.3, 0.4) is 0 Å². The van der Waals surface area contributed by atoms with E-state index in [4.69, 9.17) is 9.47 Å². The highest BCUT2D eigenvalue weighted by atomic mass is 16.6. The van der Waals surface area contributed by atoms with Crippen LogP contribution in [-0.2, 0) is 15.1 Å². The minimum Gasteiger partial charge on any atom is -0.460 e. The summed E-state index contributed by atoms with van der Waals surface area (Å²) in [5, 5.41) is 0. The number of fused-ring (bicyclic) bond motifs is 6. The van der Waals surface area contributed by atoms with Gasteiger partial charge in [0.1, 0.15) is 17.4 Å². The van der Waals surface area contributed by atoms with Crippen LogP contribution >= 0.6 is 0 Å². The van der Waals surface area contributed by atoms with Crippen LogP contribution in [0.5, 0.6) is 5.75 Å². The monoisotopic (exact) mass is 358 g/mol. The summed E-state index contributed by atoms with van der Waals surface area (Å²) in [6, 6.07) is 14.8. The number of hydrogen-bond acceptors (Lipinski definition) is 4. The van der Waals surface area contributed by atoms with Gasteiger partial charge >= 0.3 is 5.97 Å². The lowest BCUT2D eigenvalue weighted by molar-refractivity contribution is -0.127. The van der Waals surface area contributed by atoms with Crippen LogP contribution in [0.4, 0.5) is 0 Å². The van der Waals surface area contributed by atoms with Gasteiger partial charge in [-0.25, -0.2) is 4.79 Å².